The van der Waals surface area contributed by atoms with Crippen molar-refractivity contribution in [1.29, 1.82) is 0 Å². The first kappa shape index (κ1) is 30.4. The zero-order valence-electron chi connectivity index (χ0n) is 25.8. The van der Waals surface area contributed by atoms with Gasteiger partial charge in [-0.15, -0.1) is 0 Å². The maximum Gasteiger partial charge on any atom is 0.416 e. The Hall–Kier alpha value is -1.61. The number of pyridine rings is 1. The Kier molecular flexibility index (Phi) is 7.81. The van der Waals surface area contributed by atoms with Gasteiger partial charge in [0.15, 0.2) is 4.75 Å². The normalized spacial score (nSPS) is 26.3. The molecule has 0 N–H and O–H groups in total. The summed E-state index contributed by atoms with van der Waals surface area (Å²) in [6, 6.07) is 5.61. The number of benzene rings is 1. The molecule has 2 aliphatic carbocycles. The maximum absolute atomic E-state index is 13.5. The quantitative estimate of drug-likeness (QED) is 0.327. The lowest BCUT2D eigenvalue weighted by Gasteiger charge is -2.39. The highest BCUT2D eigenvalue weighted by molar-refractivity contribution is 7.93. The molecule has 8 heteroatoms. The van der Waals surface area contributed by atoms with E-state index < -0.39 is 23.4 Å². The third-order valence-electron chi connectivity index (χ3n) is 9.83. The summed E-state index contributed by atoms with van der Waals surface area (Å²) in [6.07, 6.45) is 4.77. The van der Waals surface area contributed by atoms with E-state index in [2.05, 4.69) is 40.9 Å². The summed E-state index contributed by atoms with van der Waals surface area (Å²) >= 11 is -0.292. The number of hydrogen-bond donors (Lipinski definition) is 0. The molecule has 4 aliphatic rings. The SMILES string of the molecule is C[S+](O[C@H]1CC(C)(C)Cc2nc(C3CCOCC3)c3c(c21)C1(CCCC1)O[C@H]3c1ccc(C(F)(F)F)cc1)C(C)(C)C. The Bertz CT molecular complexity index is 1310. The minimum Gasteiger partial charge on any atom is -0.381 e. The molecular formula is C34H45F3NO3S+. The molecule has 3 heterocycles. The number of aromatic nitrogens is 1. The van der Waals surface area contributed by atoms with Crippen molar-refractivity contribution in [3.63, 3.8) is 0 Å². The van der Waals surface area contributed by atoms with Crippen LogP contribution >= 0.6 is 0 Å². The average Bonchev–Trinajstić information content (AvgIpc) is 3.52. The van der Waals surface area contributed by atoms with Crippen LogP contribution in [0.4, 0.5) is 13.2 Å². The van der Waals surface area contributed by atoms with Crippen LogP contribution in [0.25, 0.3) is 0 Å². The van der Waals surface area contributed by atoms with Crippen LogP contribution in [0.3, 0.4) is 0 Å². The van der Waals surface area contributed by atoms with Crippen LogP contribution in [-0.4, -0.2) is 29.2 Å². The summed E-state index contributed by atoms with van der Waals surface area (Å²) in [6.45, 7) is 12.7. The molecule has 0 amide bonds. The monoisotopic (exact) mass is 604 g/mol. The number of fused-ring (bicyclic) bond motifs is 4. The third-order valence-corrected chi connectivity index (χ3v) is 12.1. The molecular weight excluding hydrogens is 559 g/mol. The molecule has 42 heavy (non-hydrogen) atoms. The fraction of sp³-hybridized carbons (Fsp3) is 0.676. The van der Waals surface area contributed by atoms with E-state index in [4.69, 9.17) is 18.6 Å². The Morgan fingerprint density at radius 1 is 0.976 bits per heavy atom. The molecule has 1 saturated carbocycles. The smallest absolute Gasteiger partial charge is 0.381 e. The standard InChI is InChI=1S/C34H45F3NO3S/c1-31(2,3)42(6)41-25-20-32(4,5)19-24-26(25)28-27(29(38-24)21-13-17-39-18-14-21)30(40-33(28)15-7-8-16-33)22-9-11-23(12-10-22)34(35,36)37/h9-12,21,25,30H,7-8,13-20H2,1-6H3/q+1/t25-,30-,42?/m0/s1. The second-order valence-electron chi connectivity index (χ2n) is 14.5. The third kappa shape index (κ3) is 5.54. The molecule has 230 valence electrons. The molecule has 3 atom stereocenters. The zero-order valence-corrected chi connectivity index (χ0v) is 26.6. The van der Waals surface area contributed by atoms with Crippen molar-refractivity contribution >= 4 is 11.2 Å². The van der Waals surface area contributed by atoms with Gasteiger partial charge in [-0.2, -0.15) is 17.4 Å². The lowest BCUT2D eigenvalue weighted by molar-refractivity contribution is -0.137. The molecule has 6 rings (SSSR count). The van der Waals surface area contributed by atoms with Gasteiger partial charge in [0.2, 0.25) is 0 Å². The van der Waals surface area contributed by atoms with Crippen molar-refractivity contribution < 1.29 is 26.8 Å². The van der Waals surface area contributed by atoms with Crippen molar-refractivity contribution in [2.45, 2.75) is 121 Å². The number of hydrogen-bond acceptors (Lipinski definition) is 4. The van der Waals surface area contributed by atoms with Gasteiger partial charge in [-0.25, -0.2) is 0 Å². The molecule has 1 aromatic carbocycles. The van der Waals surface area contributed by atoms with Gasteiger partial charge in [-0.05, 0) is 88.0 Å². The summed E-state index contributed by atoms with van der Waals surface area (Å²) in [5.74, 6) is 0.231. The highest BCUT2D eigenvalue weighted by Gasteiger charge is 2.54. The molecule has 0 bridgehead atoms. The Morgan fingerprint density at radius 2 is 1.62 bits per heavy atom. The van der Waals surface area contributed by atoms with E-state index in [1.807, 2.05) is 0 Å². The topological polar surface area (TPSA) is 40.6 Å². The minimum atomic E-state index is -4.38. The Balaban J connectivity index is 1.58. The fourth-order valence-electron chi connectivity index (χ4n) is 7.47. The summed E-state index contributed by atoms with van der Waals surface area (Å²) in [4.78, 5) is 5.52. The van der Waals surface area contributed by atoms with Gasteiger partial charge < -0.3 is 9.47 Å². The first-order valence-electron chi connectivity index (χ1n) is 15.5. The van der Waals surface area contributed by atoms with Crippen LogP contribution in [0.1, 0.15) is 137 Å². The van der Waals surface area contributed by atoms with Crippen molar-refractivity contribution in [2.75, 3.05) is 19.5 Å². The minimum absolute atomic E-state index is 0.00467. The van der Waals surface area contributed by atoms with Gasteiger partial charge in [0, 0.05) is 36.0 Å². The van der Waals surface area contributed by atoms with E-state index >= 15 is 0 Å². The van der Waals surface area contributed by atoms with Crippen LogP contribution in [0.5, 0.6) is 0 Å². The Labute approximate surface area is 251 Å². The molecule has 1 spiro atoms. The van der Waals surface area contributed by atoms with Gasteiger partial charge in [0.1, 0.15) is 29.6 Å². The molecule has 1 saturated heterocycles. The van der Waals surface area contributed by atoms with Crippen molar-refractivity contribution in [1.82, 2.24) is 4.98 Å². The number of halogens is 3. The van der Waals surface area contributed by atoms with Gasteiger partial charge >= 0.3 is 6.18 Å². The van der Waals surface area contributed by atoms with Crippen LogP contribution in [0.2, 0.25) is 0 Å². The fourth-order valence-corrected chi connectivity index (χ4v) is 8.27. The number of rotatable bonds is 4. The lowest BCUT2D eigenvalue weighted by atomic mass is 9.70. The van der Waals surface area contributed by atoms with Crippen LogP contribution in [0, 0.1) is 5.41 Å². The lowest BCUT2D eigenvalue weighted by Crippen LogP contribution is -2.37. The van der Waals surface area contributed by atoms with Crippen LogP contribution in [0.15, 0.2) is 24.3 Å². The molecule has 1 unspecified atom stereocenters. The average molecular weight is 605 g/mol. The van der Waals surface area contributed by atoms with E-state index in [0.717, 1.165) is 73.9 Å². The molecule has 4 nitrogen and oxygen atoms in total. The predicted molar refractivity (Wildman–Crippen MR) is 161 cm³/mol. The number of alkyl halides is 3. The highest BCUT2D eigenvalue weighted by atomic mass is 32.2. The summed E-state index contributed by atoms with van der Waals surface area (Å²) < 4.78 is 60.4. The molecule has 0 radical (unpaired) electrons. The van der Waals surface area contributed by atoms with Gasteiger partial charge in [0.25, 0.3) is 0 Å². The van der Waals surface area contributed by atoms with E-state index in [0.29, 0.717) is 13.2 Å². The van der Waals surface area contributed by atoms with E-state index in [9.17, 15) is 13.2 Å². The van der Waals surface area contributed by atoms with Gasteiger partial charge in [-0.1, -0.05) is 38.8 Å². The largest absolute Gasteiger partial charge is 0.416 e. The summed E-state index contributed by atoms with van der Waals surface area (Å²) in [5, 5.41) is 0. The van der Waals surface area contributed by atoms with E-state index in [-0.39, 0.29) is 33.4 Å². The first-order valence-corrected chi connectivity index (χ1v) is 17.1. The molecule has 2 fully saturated rings. The Morgan fingerprint density at radius 3 is 2.21 bits per heavy atom. The predicted octanol–water partition coefficient (Wildman–Crippen LogP) is 8.88. The second-order valence-corrected chi connectivity index (χ2v) is 16.9. The van der Waals surface area contributed by atoms with Crippen LogP contribution in [-0.2, 0) is 43.0 Å². The van der Waals surface area contributed by atoms with Crippen molar-refractivity contribution in [2.24, 2.45) is 5.41 Å². The summed E-state index contributed by atoms with van der Waals surface area (Å²) in [7, 11) is 0. The number of nitrogens with zero attached hydrogens (tertiary/aromatic N) is 1. The van der Waals surface area contributed by atoms with Gasteiger partial charge in [-0.3, -0.25) is 4.98 Å². The summed E-state index contributed by atoms with van der Waals surface area (Å²) in [5.41, 5.74) is 5.46. The molecule has 1 aromatic heterocycles. The highest BCUT2D eigenvalue weighted by Crippen LogP contribution is 2.60. The second kappa shape index (κ2) is 10.8. The maximum atomic E-state index is 13.5. The van der Waals surface area contributed by atoms with Gasteiger partial charge in [0.05, 0.1) is 16.9 Å². The zero-order chi connectivity index (χ0) is 30.1. The molecule has 2 aliphatic heterocycles. The van der Waals surface area contributed by atoms with E-state index in [1.54, 1.807) is 12.1 Å². The molecule has 2 aromatic rings. The van der Waals surface area contributed by atoms with E-state index in [1.165, 1.54) is 23.3 Å². The van der Waals surface area contributed by atoms with Crippen LogP contribution < -0.4 is 0 Å². The van der Waals surface area contributed by atoms with Crippen molar-refractivity contribution in [3.05, 3.63) is 63.5 Å². The van der Waals surface area contributed by atoms with Crippen molar-refractivity contribution in [3.8, 4) is 0 Å². The number of ether oxygens (including phenoxy) is 2. The first-order chi connectivity index (χ1) is 19.7.